The lowest BCUT2D eigenvalue weighted by Gasteiger charge is -2.06. The van der Waals surface area contributed by atoms with Crippen LogP contribution in [0.25, 0.3) is 0 Å². The van der Waals surface area contributed by atoms with Gasteiger partial charge in [-0.1, -0.05) is 6.07 Å². The van der Waals surface area contributed by atoms with Crippen LogP contribution < -0.4 is 5.32 Å². The lowest BCUT2D eigenvalue weighted by atomic mass is 10.3. The van der Waals surface area contributed by atoms with E-state index in [1.165, 1.54) is 12.1 Å². The van der Waals surface area contributed by atoms with Gasteiger partial charge >= 0.3 is 5.97 Å². The summed E-state index contributed by atoms with van der Waals surface area (Å²) in [6.45, 7) is 1.74. The molecule has 1 aromatic rings. The van der Waals surface area contributed by atoms with Crippen LogP contribution in [-0.4, -0.2) is 19.1 Å². The summed E-state index contributed by atoms with van der Waals surface area (Å²) < 4.78 is 30.4. The molecule has 0 fully saturated rings. The average Bonchev–Trinajstić information content (AvgIpc) is 2.21. The molecule has 0 heterocycles. The predicted molar refractivity (Wildman–Crippen MR) is 51.5 cm³/mol. The molecule has 82 valence electrons. The van der Waals surface area contributed by atoms with Crippen LogP contribution >= 0.6 is 0 Å². The van der Waals surface area contributed by atoms with Gasteiger partial charge in [-0.3, -0.25) is 4.79 Å². The summed E-state index contributed by atoms with van der Waals surface area (Å²) in [7, 11) is 0. The molecule has 0 radical (unpaired) electrons. The number of nitrogens with one attached hydrogen (secondary N) is 1. The predicted octanol–water partition coefficient (Wildman–Crippen LogP) is 1.94. The molecular weight excluding hydrogens is 204 g/mol. The highest BCUT2D eigenvalue weighted by atomic mass is 19.2. The first-order valence-corrected chi connectivity index (χ1v) is 4.48. The highest BCUT2D eigenvalue weighted by Gasteiger charge is 2.08. The fourth-order valence-electron chi connectivity index (χ4n) is 1.02. The second-order valence-corrected chi connectivity index (χ2v) is 2.76. The molecule has 0 bridgehead atoms. The van der Waals surface area contributed by atoms with Gasteiger partial charge in [0.1, 0.15) is 6.54 Å². The Balaban J connectivity index is 2.58. The van der Waals surface area contributed by atoms with Crippen LogP contribution in [0.2, 0.25) is 0 Å². The average molecular weight is 215 g/mol. The van der Waals surface area contributed by atoms with Gasteiger partial charge in [-0.05, 0) is 19.1 Å². The molecule has 3 nitrogen and oxygen atoms in total. The lowest BCUT2D eigenvalue weighted by Crippen LogP contribution is -2.17. The summed E-state index contributed by atoms with van der Waals surface area (Å²) in [4.78, 5) is 10.9. The lowest BCUT2D eigenvalue weighted by molar-refractivity contribution is -0.140. The molecule has 0 atom stereocenters. The SMILES string of the molecule is CCOC(=O)CNc1cccc(F)c1F. The van der Waals surface area contributed by atoms with E-state index in [4.69, 9.17) is 0 Å². The third-order valence-electron chi connectivity index (χ3n) is 1.68. The van der Waals surface area contributed by atoms with Crippen LogP contribution in [0.15, 0.2) is 18.2 Å². The third kappa shape index (κ3) is 3.19. The van der Waals surface area contributed by atoms with Gasteiger partial charge in [0.05, 0.1) is 12.3 Å². The number of halogens is 2. The molecule has 1 rings (SSSR count). The van der Waals surface area contributed by atoms with Crippen LogP contribution in [0, 0.1) is 11.6 Å². The maximum atomic E-state index is 13.0. The molecule has 0 aliphatic heterocycles. The maximum Gasteiger partial charge on any atom is 0.325 e. The monoisotopic (exact) mass is 215 g/mol. The Bertz CT molecular complexity index is 355. The highest BCUT2D eigenvalue weighted by Crippen LogP contribution is 2.15. The van der Waals surface area contributed by atoms with Crippen LogP contribution in [0.3, 0.4) is 0 Å². The Labute approximate surface area is 86.0 Å². The van der Waals surface area contributed by atoms with Gasteiger partial charge in [-0.2, -0.15) is 0 Å². The summed E-state index contributed by atoms with van der Waals surface area (Å²) >= 11 is 0. The molecule has 0 aromatic heterocycles. The highest BCUT2D eigenvalue weighted by molar-refractivity contribution is 5.74. The minimum Gasteiger partial charge on any atom is -0.465 e. The van der Waals surface area contributed by atoms with Crippen molar-refractivity contribution in [2.45, 2.75) is 6.92 Å². The minimum absolute atomic E-state index is 0.0527. The largest absolute Gasteiger partial charge is 0.465 e. The van der Waals surface area contributed by atoms with Crippen molar-refractivity contribution in [3.8, 4) is 0 Å². The smallest absolute Gasteiger partial charge is 0.325 e. The summed E-state index contributed by atoms with van der Waals surface area (Å²) in [6.07, 6.45) is 0. The molecule has 0 spiro atoms. The Morgan fingerprint density at radius 3 is 2.87 bits per heavy atom. The number of esters is 1. The number of carbonyl (C=O) groups excluding carboxylic acids is 1. The van der Waals surface area contributed by atoms with Crippen molar-refractivity contribution < 1.29 is 18.3 Å². The van der Waals surface area contributed by atoms with E-state index in [-0.39, 0.29) is 18.8 Å². The van der Waals surface area contributed by atoms with Gasteiger partial charge < -0.3 is 10.1 Å². The van der Waals surface area contributed by atoms with E-state index in [2.05, 4.69) is 10.1 Å². The van der Waals surface area contributed by atoms with Crippen molar-refractivity contribution in [2.75, 3.05) is 18.5 Å². The van der Waals surface area contributed by atoms with E-state index >= 15 is 0 Å². The van der Waals surface area contributed by atoms with Crippen molar-refractivity contribution >= 4 is 11.7 Å². The van der Waals surface area contributed by atoms with E-state index in [0.29, 0.717) is 0 Å². The van der Waals surface area contributed by atoms with E-state index < -0.39 is 17.6 Å². The zero-order valence-electron chi connectivity index (χ0n) is 8.22. The second-order valence-electron chi connectivity index (χ2n) is 2.76. The molecule has 0 aliphatic carbocycles. The second kappa shape index (κ2) is 5.29. The summed E-state index contributed by atoms with van der Waals surface area (Å²) in [5, 5.41) is 2.45. The number of rotatable bonds is 4. The van der Waals surface area contributed by atoms with Crippen LogP contribution in [-0.2, 0) is 9.53 Å². The molecule has 15 heavy (non-hydrogen) atoms. The molecule has 0 aliphatic rings. The number of hydrogen-bond donors (Lipinski definition) is 1. The molecule has 0 unspecified atom stereocenters. The third-order valence-corrected chi connectivity index (χ3v) is 1.68. The quantitative estimate of drug-likeness (QED) is 0.780. The van der Waals surface area contributed by atoms with Crippen molar-refractivity contribution in [3.05, 3.63) is 29.8 Å². The van der Waals surface area contributed by atoms with E-state index in [1.54, 1.807) is 6.92 Å². The molecule has 0 saturated heterocycles. The molecule has 0 saturated carbocycles. The van der Waals surface area contributed by atoms with E-state index in [1.807, 2.05) is 0 Å². The van der Waals surface area contributed by atoms with Crippen LogP contribution in [0.1, 0.15) is 6.92 Å². The van der Waals surface area contributed by atoms with Crippen molar-refractivity contribution in [3.63, 3.8) is 0 Å². The van der Waals surface area contributed by atoms with Gasteiger partial charge in [-0.25, -0.2) is 8.78 Å². The molecule has 5 heteroatoms. The van der Waals surface area contributed by atoms with Gasteiger partial charge in [0.15, 0.2) is 11.6 Å². The first-order chi connectivity index (χ1) is 7.15. The molecular formula is C10H11F2NO2. The first kappa shape index (κ1) is 11.4. The standard InChI is InChI=1S/C10H11F2NO2/c1-2-15-9(14)6-13-8-5-3-4-7(11)10(8)12/h3-5,13H,2,6H2,1H3. The number of hydrogen-bond acceptors (Lipinski definition) is 3. The maximum absolute atomic E-state index is 13.0. The first-order valence-electron chi connectivity index (χ1n) is 4.48. The van der Waals surface area contributed by atoms with Crippen molar-refractivity contribution in [1.82, 2.24) is 0 Å². The number of carbonyl (C=O) groups is 1. The topological polar surface area (TPSA) is 38.3 Å². The molecule has 1 N–H and O–H groups in total. The Morgan fingerprint density at radius 2 is 2.20 bits per heavy atom. The Hall–Kier alpha value is -1.65. The zero-order chi connectivity index (χ0) is 11.3. The van der Waals surface area contributed by atoms with E-state index in [0.717, 1.165) is 6.07 Å². The van der Waals surface area contributed by atoms with Gasteiger partial charge in [-0.15, -0.1) is 0 Å². The minimum atomic E-state index is -0.998. The summed E-state index contributed by atoms with van der Waals surface area (Å²) in [5.74, 6) is -2.47. The Kier molecular flexibility index (Phi) is 4.03. The Morgan fingerprint density at radius 1 is 1.47 bits per heavy atom. The fraction of sp³-hybridized carbons (Fsp3) is 0.300. The van der Waals surface area contributed by atoms with Crippen LogP contribution in [0.4, 0.5) is 14.5 Å². The van der Waals surface area contributed by atoms with Gasteiger partial charge in [0.2, 0.25) is 0 Å². The van der Waals surface area contributed by atoms with E-state index in [9.17, 15) is 13.6 Å². The normalized spacial score (nSPS) is 9.80. The van der Waals surface area contributed by atoms with Crippen LogP contribution in [0.5, 0.6) is 0 Å². The number of benzene rings is 1. The van der Waals surface area contributed by atoms with Gasteiger partial charge in [0, 0.05) is 0 Å². The fourth-order valence-corrected chi connectivity index (χ4v) is 1.02. The molecule has 0 amide bonds. The zero-order valence-corrected chi connectivity index (χ0v) is 8.22. The van der Waals surface area contributed by atoms with Gasteiger partial charge in [0.25, 0.3) is 0 Å². The number of ether oxygens (including phenoxy) is 1. The summed E-state index contributed by atoms with van der Waals surface area (Å²) in [6, 6.07) is 3.70. The van der Waals surface area contributed by atoms with Crippen molar-refractivity contribution in [1.29, 1.82) is 0 Å². The number of anilines is 1. The molecule has 1 aromatic carbocycles. The van der Waals surface area contributed by atoms with Crippen molar-refractivity contribution in [2.24, 2.45) is 0 Å². The summed E-state index contributed by atoms with van der Waals surface area (Å²) in [5.41, 5.74) is -0.0527.